The average Bonchev–Trinajstić information content (AvgIpc) is 2.45. The van der Waals surface area contributed by atoms with Crippen LogP contribution in [0.2, 0.25) is 0 Å². The van der Waals surface area contributed by atoms with Gasteiger partial charge in [0.1, 0.15) is 15.8 Å². The summed E-state index contributed by atoms with van der Waals surface area (Å²) in [5.41, 5.74) is 0. The van der Waals surface area contributed by atoms with Gasteiger partial charge in [0.2, 0.25) is 5.91 Å². The summed E-state index contributed by atoms with van der Waals surface area (Å²) >= 11 is 6.56. The van der Waals surface area contributed by atoms with E-state index in [1.807, 2.05) is 13.0 Å². The maximum atomic E-state index is 11.6. The number of allylic oxidation sites excluding steroid dienone is 1. The highest BCUT2D eigenvalue weighted by atomic mass is 79.9. The first-order valence-corrected chi connectivity index (χ1v) is 5.90. The van der Waals surface area contributed by atoms with E-state index in [1.165, 1.54) is 4.90 Å². The first-order valence-electron chi connectivity index (χ1n) is 4.32. The quantitative estimate of drug-likeness (QED) is 0.850. The van der Waals surface area contributed by atoms with Gasteiger partial charge < -0.3 is 4.90 Å². The predicted octanol–water partition coefficient (Wildman–Crippen LogP) is 2.40. The molecular formula is C9H11Br2N3O. The van der Waals surface area contributed by atoms with Gasteiger partial charge in [-0.2, -0.15) is 5.10 Å². The van der Waals surface area contributed by atoms with Gasteiger partial charge in [-0.1, -0.05) is 6.08 Å². The third kappa shape index (κ3) is 3.46. The minimum atomic E-state index is -0.0237. The Bertz CT molecular complexity index is 387. The lowest BCUT2D eigenvalue weighted by molar-refractivity contribution is -0.128. The smallest absolute Gasteiger partial charge is 0.248 e. The van der Waals surface area contributed by atoms with Crippen LogP contribution in [0, 0.1) is 0 Å². The predicted molar refractivity (Wildman–Crippen MR) is 65.2 cm³/mol. The van der Waals surface area contributed by atoms with Crippen LogP contribution in [-0.4, -0.2) is 27.6 Å². The van der Waals surface area contributed by atoms with Gasteiger partial charge in [-0.05, 0) is 38.8 Å². The van der Waals surface area contributed by atoms with Crippen LogP contribution in [0.15, 0.2) is 27.5 Å². The van der Waals surface area contributed by atoms with Gasteiger partial charge in [0.05, 0.1) is 0 Å². The molecule has 0 aromatic carbocycles. The number of nitrogens with zero attached hydrogens (tertiary/aromatic N) is 3. The number of carbonyl (C=O) groups is 1. The van der Waals surface area contributed by atoms with Crippen LogP contribution in [-0.2, 0) is 11.3 Å². The number of carbonyl (C=O) groups excluding carboxylic acids is 1. The summed E-state index contributed by atoms with van der Waals surface area (Å²) in [6.07, 6.45) is 3.53. The second-order valence-corrected chi connectivity index (χ2v) is 4.56. The molecule has 0 bridgehead atoms. The minimum Gasteiger partial charge on any atom is -0.321 e. The van der Waals surface area contributed by atoms with Gasteiger partial charge in [-0.15, -0.1) is 0 Å². The molecule has 0 aliphatic rings. The van der Waals surface area contributed by atoms with Crippen molar-refractivity contribution in [2.75, 3.05) is 7.05 Å². The van der Waals surface area contributed by atoms with Gasteiger partial charge >= 0.3 is 0 Å². The topological polar surface area (TPSA) is 38.1 Å². The SMILES string of the molecule is CC=CN(C)C(=O)Cn1nc(Br)cc1Br. The molecule has 0 spiro atoms. The summed E-state index contributed by atoms with van der Waals surface area (Å²) in [5, 5.41) is 4.11. The Labute approximate surface area is 105 Å². The van der Waals surface area contributed by atoms with Gasteiger partial charge in [0.15, 0.2) is 0 Å². The highest BCUT2D eigenvalue weighted by Crippen LogP contribution is 2.16. The van der Waals surface area contributed by atoms with Crippen molar-refractivity contribution in [3.05, 3.63) is 27.5 Å². The maximum Gasteiger partial charge on any atom is 0.248 e. The van der Waals surface area contributed by atoms with E-state index < -0.39 is 0 Å². The molecule has 0 aliphatic carbocycles. The molecule has 15 heavy (non-hydrogen) atoms. The van der Waals surface area contributed by atoms with Crippen LogP contribution in [0.5, 0.6) is 0 Å². The second-order valence-electron chi connectivity index (χ2n) is 2.93. The third-order valence-corrected chi connectivity index (χ3v) is 2.78. The molecule has 1 amide bonds. The van der Waals surface area contributed by atoms with Crippen LogP contribution >= 0.6 is 31.9 Å². The van der Waals surface area contributed by atoms with Crippen LogP contribution in [0.1, 0.15) is 6.92 Å². The van der Waals surface area contributed by atoms with Crippen molar-refractivity contribution in [1.29, 1.82) is 0 Å². The number of hydrogen-bond donors (Lipinski definition) is 0. The van der Waals surface area contributed by atoms with Gasteiger partial charge in [0.25, 0.3) is 0 Å². The molecule has 0 fully saturated rings. The lowest BCUT2D eigenvalue weighted by Crippen LogP contribution is -2.26. The molecule has 6 heteroatoms. The highest BCUT2D eigenvalue weighted by molar-refractivity contribution is 9.11. The summed E-state index contributed by atoms with van der Waals surface area (Å²) < 4.78 is 3.07. The van der Waals surface area contributed by atoms with Crippen molar-refractivity contribution < 1.29 is 4.79 Å². The van der Waals surface area contributed by atoms with Crippen LogP contribution in [0.3, 0.4) is 0 Å². The van der Waals surface area contributed by atoms with E-state index in [0.717, 1.165) is 4.60 Å². The van der Waals surface area contributed by atoms with Crippen LogP contribution in [0.4, 0.5) is 0 Å². The molecule has 1 heterocycles. The number of halogens is 2. The fourth-order valence-corrected chi connectivity index (χ4v) is 2.16. The van der Waals surface area contributed by atoms with E-state index in [1.54, 1.807) is 24.0 Å². The van der Waals surface area contributed by atoms with Gasteiger partial charge in [-0.3, -0.25) is 4.79 Å². The largest absolute Gasteiger partial charge is 0.321 e. The Hall–Kier alpha value is -0.620. The Balaban J connectivity index is 2.70. The van der Waals surface area contributed by atoms with E-state index in [9.17, 15) is 4.79 Å². The van der Waals surface area contributed by atoms with Gasteiger partial charge in [-0.25, -0.2) is 4.68 Å². The number of amides is 1. The Kier molecular flexibility index (Phi) is 4.53. The van der Waals surface area contributed by atoms with Crippen molar-refractivity contribution >= 4 is 37.8 Å². The summed E-state index contributed by atoms with van der Waals surface area (Å²) in [6, 6.07) is 1.79. The normalized spacial score (nSPS) is 10.9. The number of likely N-dealkylation sites (N-methyl/N-ethyl adjacent to an activating group) is 1. The Morgan fingerprint density at radius 2 is 2.33 bits per heavy atom. The van der Waals surface area contributed by atoms with Gasteiger partial charge in [0, 0.05) is 19.3 Å². The molecule has 0 unspecified atom stereocenters. The Morgan fingerprint density at radius 3 is 2.80 bits per heavy atom. The molecule has 82 valence electrons. The fourth-order valence-electron chi connectivity index (χ4n) is 1.02. The first-order chi connectivity index (χ1) is 7.04. The highest BCUT2D eigenvalue weighted by Gasteiger charge is 2.10. The molecule has 4 nitrogen and oxygen atoms in total. The van der Waals surface area contributed by atoms with E-state index in [4.69, 9.17) is 0 Å². The molecule has 0 radical (unpaired) electrons. The molecule has 0 aliphatic heterocycles. The van der Waals surface area contributed by atoms with Crippen molar-refractivity contribution in [2.45, 2.75) is 13.5 Å². The standard InChI is InChI=1S/C9H11Br2N3O/c1-3-4-13(2)9(15)6-14-8(11)5-7(10)12-14/h3-5H,6H2,1-2H3. The molecule has 1 rings (SSSR count). The number of hydrogen-bond acceptors (Lipinski definition) is 2. The molecular weight excluding hydrogens is 326 g/mol. The number of aromatic nitrogens is 2. The minimum absolute atomic E-state index is 0.0237. The van der Waals surface area contributed by atoms with E-state index in [2.05, 4.69) is 37.0 Å². The summed E-state index contributed by atoms with van der Waals surface area (Å²) in [6.45, 7) is 2.08. The zero-order chi connectivity index (χ0) is 11.4. The van der Waals surface area contributed by atoms with Crippen LogP contribution in [0.25, 0.3) is 0 Å². The first kappa shape index (κ1) is 12.4. The monoisotopic (exact) mass is 335 g/mol. The van der Waals surface area contributed by atoms with Crippen molar-refractivity contribution in [3.63, 3.8) is 0 Å². The van der Waals surface area contributed by atoms with Crippen molar-refractivity contribution in [3.8, 4) is 0 Å². The fraction of sp³-hybridized carbons (Fsp3) is 0.333. The zero-order valence-corrected chi connectivity index (χ0v) is 11.6. The number of rotatable bonds is 3. The lowest BCUT2D eigenvalue weighted by Gasteiger charge is -2.11. The third-order valence-electron chi connectivity index (χ3n) is 1.75. The maximum absolute atomic E-state index is 11.6. The summed E-state index contributed by atoms with van der Waals surface area (Å²) in [4.78, 5) is 13.2. The molecule has 0 atom stereocenters. The molecule has 0 N–H and O–H groups in total. The van der Waals surface area contributed by atoms with Crippen molar-refractivity contribution in [2.24, 2.45) is 0 Å². The van der Waals surface area contributed by atoms with Crippen LogP contribution < -0.4 is 0 Å². The average molecular weight is 337 g/mol. The Morgan fingerprint density at radius 1 is 1.67 bits per heavy atom. The zero-order valence-electron chi connectivity index (χ0n) is 8.44. The molecule has 0 saturated heterocycles. The van der Waals surface area contributed by atoms with Crippen molar-refractivity contribution in [1.82, 2.24) is 14.7 Å². The molecule has 1 aromatic rings. The molecule has 1 aromatic heterocycles. The molecule has 0 saturated carbocycles. The second kappa shape index (κ2) is 5.46. The van der Waals surface area contributed by atoms with E-state index in [0.29, 0.717) is 4.60 Å². The van der Waals surface area contributed by atoms with E-state index >= 15 is 0 Å². The summed E-state index contributed by atoms with van der Waals surface area (Å²) in [5.74, 6) is -0.0237. The van der Waals surface area contributed by atoms with E-state index in [-0.39, 0.29) is 12.5 Å². The lowest BCUT2D eigenvalue weighted by atomic mass is 10.5. The summed E-state index contributed by atoms with van der Waals surface area (Å²) in [7, 11) is 1.72.